The number of aromatic hydroxyl groups is 1. The Kier molecular flexibility index (Phi) is 5.82. The monoisotopic (exact) mass is 387 g/mol. The topological polar surface area (TPSA) is 71.6 Å². The van der Waals surface area contributed by atoms with Crippen molar-refractivity contribution < 1.29 is 14.4 Å². The van der Waals surface area contributed by atoms with Gasteiger partial charge in [0.15, 0.2) is 11.5 Å². The van der Waals surface area contributed by atoms with Crippen molar-refractivity contribution in [2.75, 3.05) is 20.2 Å². The average Bonchev–Trinajstić information content (AvgIpc) is 3.29. The molecule has 3 aromatic rings. The summed E-state index contributed by atoms with van der Waals surface area (Å²) in [6, 6.07) is 5.63. The fourth-order valence-corrected chi connectivity index (χ4v) is 4.04. The fraction of sp³-hybridized carbons (Fsp3) is 0.400. The maximum absolute atomic E-state index is 10.0. The zero-order valence-corrected chi connectivity index (χ0v) is 17.2. The van der Waals surface area contributed by atoms with Crippen molar-refractivity contribution in [2.24, 2.45) is 0 Å². The highest BCUT2D eigenvalue weighted by Gasteiger charge is 2.17. The third-order valence-electron chi connectivity index (χ3n) is 4.66. The lowest BCUT2D eigenvalue weighted by atomic mass is 10.1. The zero-order chi connectivity index (χ0) is 19.6. The lowest BCUT2D eigenvalue weighted by molar-refractivity contribution is 0.298. The molecular formula is C20H25N3O3S. The standard InChI is InChI=1S/C20H25N3O3S/c1-6-23(7-2)11-17-12(3)9-16(27-17)20-21-19(22-26-20)14-8-13(4)18(24)15(10-14)25-5/h8-10,24H,6-7,11H2,1-5H3. The number of benzene rings is 1. The molecule has 0 radical (unpaired) electrons. The molecule has 27 heavy (non-hydrogen) atoms. The molecule has 0 aliphatic rings. The Bertz CT molecular complexity index is 929. The van der Waals surface area contributed by atoms with Crippen LogP contribution in [0.5, 0.6) is 11.5 Å². The smallest absolute Gasteiger partial charge is 0.268 e. The molecule has 0 saturated carbocycles. The number of hydrogen-bond acceptors (Lipinski definition) is 7. The Hall–Kier alpha value is -2.38. The van der Waals surface area contributed by atoms with Crippen molar-refractivity contribution in [3.05, 3.63) is 34.2 Å². The lowest BCUT2D eigenvalue weighted by Gasteiger charge is -2.17. The number of aryl methyl sites for hydroxylation is 2. The largest absolute Gasteiger partial charge is 0.504 e. The van der Waals surface area contributed by atoms with Crippen LogP contribution in [0, 0.1) is 13.8 Å². The number of aromatic nitrogens is 2. The first-order valence-corrected chi connectivity index (χ1v) is 9.82. The molecule has 0 fully saturated rings. The number of thiophene rings is 1. The molecule has 2 aromatic heterocycles. The zero-order valence-electron chi connectivity index (χ0n) is 16.4. The average molecular weight is 388 g/mol. The summed E-state index contributed by atoms with van der Waals surface area (Å²) in [7, 11) is 1.52. The molecule has 3 rings (SSSR count). The van der Waals surface area contributed by atoms with Gasteiger partial charge in [-0.05, 0) is 56.3 Å². The summed E-state index contributed by atoms with van der Waals surface area (Å²) < 4.78 is 10.7. The van der Waals surface area contributed by atoms with Crippen LogP contribution in [0.4, 0.5) is 0 Å². The van der Waals surface area contributed by atoms with Gasteiger partial charge in [0.1, 0.15) is 0 Å². The van der Waals surface area contributed by atoms with Crippen LogP contribution in [-0.2, 0) is 6.54 Å². The highest BCUT2D eigenvalue weighted by atomic mass is 32.1. The number of rotatable bonds is 7. The Labute approximate surface area is 163 Å². The molecule has 0 unspecified atom stereocenters. The number of methoxy groups -OCH3 is 1. The quantitative estimate of drug-likeness (QED) is 0.637. The molecule has 0 spiro atoms. The first-order valence-electron chi connectivity index (χ1n) is 9.00. The Morgan fingerprint density at radius 2 is 1.89 bits per heavy atom. The first-order chi connectivity index (χ1) is 13.0. The number of phenolic OH excluding ortho intramolecular Hbond substituents is 1. The van der Waals surface area contributed by atoms with Gasteiger partial charge in [-0.1, -0.05) is 19.0 Å². The van der Waals surface area contributed by atoms with Gasteiger partial charge < -0.3 is 14.4 Å². The van der Waals surface area contributed by atoms with Gasteiger partial charge in [0.05, 0.1) is 12.0 Å². The number of hydrogen-bond donors (Lipinski definition) is 1. The fourth-order valence-electron chi connectivity index (χ4n) is 2.91. The summed E-state index contributed by atoms with van der Waals surface area (Å²) in [5, 5.41) is 14.1. The van der Waals surface area contributed by atoms with Crippen LogP contribution in [0.2, 0.25) is 0 Å². The van der Waals surface area contributed by atoms with E-state index in [0.717, 1.165) is 30.1 Å². The molecule has 144 valence electrons. The van der Waals surface area contributed by atoms with Crippen LogP contribution in [0.25, 0.3) is 22.2 Å². The van der Waals surface area contributed by atoms with Crippen molar-refractivity contribution in [3.8, 4) is 33.7 Å². The summed E-state index contributed by atoms with van der Waals surface area (Å²) >= 11 is 1.69. The van der Waals surface area contributed by atoms with Gasteiger partial charge in [0, 0.05) is 17.0 Å². The number of ether oxygens (including phenoxy) is 1. The molecule has 0 atom stereocenters. The van der Waals surface area contributed by atoms with Crippen LogP contribution in [0.15, 0.2) is 22.7 Å². The van der Waals surface area contributed by atoms with Crippen LogP contribution < -0.4 is 4.74 Å². The van der Waals surface area contributed by atoms with Crippen LogP contribution in [0.3, 0.4) is 0 Å². The van der Waals surface area contributed by atoms with E-state index in [1.807, 2.05) is 13.0 Å². The van der Waals surface area contributed by atoms with Crippen molar-refractivity contribution in [1.82, 2.24) is 15.0 Å². The maximum atomic E-state index is 10.0. The summed E-state index contributed by atoms with van der Waals surface area (Å²) in [5.41, 5.74) is 2.68. The van der Waals surface area contributed by atoms with E-state index in [1.165, 1.54) is 17.6 Å². The predicted octanol–water partition coefficient (Wildman–Crippen LogP) is 4.64. The highest BCUT2D eigenvalue weighted by Crippen LogP contribution is 2.36. The first kappa shape index (κ1) is 19.4. The number of phenols is 1. The summed E-state index contributed by atoms with van der Waals surface area (Å²) in [5.74, 6) is 1.50. The molecule has 0 amide bonds. The third kappa shape index (κ3) is 3.99. The second kappa shape index (κ2) is 8.10. The van der Waals surface area contributed by atoms with E-state index in [-0.39, 0.29) is 5.75 Å². The normalized spacial score (nSPS) is 11.3. The lowest BCUT2D eigenvalue weighted by Crippen LogP contribution is -2.21. The van der Waals surface area contributed by atoms with Crippen molar-refractivity contribution in [3.63, 3.8) is 0 Å². The molecule has 1 N–H and O–H groups in total. The number of nitrogens with zero attached hydrogens (tertiary/aromatic N) is 3. The summed E-state index contributed by atoms with van der Waals surface area (Å²) in [6.45, 7) is 11.2. The van der Waals surface area contributed by atoms with Gasteiger partial charge in [-0.2, -0.15) is 4.98 Å². The molecule has 0 bridgehead atoms. The molecule has 6 nitrogen and oxygen atoms in total. The predicted molar refractivity (Wildman–Crippen MR) is 107 cm³/mol. The van der Waals surface area contributed by atoms with E-state index in [2.05, 4.69) is 41.9 Å². The molecule has 0 aliphatic heterocycles. The van der Waals surface area contributed by atoms with E-state index in [9.17, 15) is 5.11 Å². The van der Waals surface area contributed by atoms with Gasteiger partial charge in [0.2, 0.25) is 5.82 Å². The SMILES string of the molecule is CCN(CC)Cc1sc(-c2nc(-c3cc(C)c(O)c(OC)c3)no2)cc1C. The minimum atomic E-state index is 0.125. The molecule has 0 aliphatic carbocycles. The molecule has 2 heterocycles. The van der Waals surface area contributed by atoms with Gasteiger partial charge in [0.25, 0.3) is 5.89 Å². The van der Waals surface area contributed by atoms with E-state index >= 15 is 0 Å². The van der Waals surface area contributed by atoms with E-state index in [1.54, 1.807) is 17.4 Å². The van der Waals surface area contributed by atoms with Gasteiger partial charge in [-0.3, -0.25) is 4.90 Å². The highest BCUT2D eigenvalue weighted by molar-refractivity contribution is 7.15. The Morgan fingerprint density at radius 3 is 2.56 bits per heavy atom. The van der Waals surface area contributed by atoms with Crippen molar-refractivity contribution in [2.45, 2.75) is 34.2 Å². The minimum absolute atomic E-state index is 0.125. The molecule has 7 heteroatoms. The van der Waals surface area contributed by atoms with Crippen LogP contribution >= 0.6 is 11.3 Å². The van der Waals surface area contributed by atoms with E-state index < -0.39 is 0 Å². The third-order valence-corrected chi connectivity index (χ3v) is 5.87. The second-order valence-corrected chi connectivity index (χ2v) is 7.58. The van der Waals surface area contributed by atoms with Crippen LogP contribution in [0.1, 0.15) is 29.9 Å². The van der Waals surface area contributed by atoms with Gasteiger partial charge in [-0.25, -0.2) is 0 Å². The van der Waals surface area contributed by atoms with Gasteiger partial charge in [-0.15, -0.1) is 11.3 Å². The van der Waals surface area contributed by atoms with Crippen molar-refractivity contribution in [1.29, 1.82) is 0 Å². The van der Waals surface area contributed by atoms with E-state index in [4.69, 9.17) is 9.26 Å². The molecular weight excluding hydrogens is 362 g/mol. The molecule has 1 aromatic carbocycles. The molecule has 0 saturated heterocycles. The van der Waals surface area contributed by atoms with E-state index in [0.29, 0.717) is 23.0 Å². The Balaban J connectivity index is 1.90. The minimum Gasteiger partial charge on any atom is -0.504 e. The second-order valence-electron chi connectivity index (χ2n) is 6.45. The van der Waals surface area contributed by atoms with Crippen LogP contribution in [-0.4, -0.2) is 40.3 Å². The van der Waals surface area contributed by atoms with Crippen molar-refractivity contribution >= 4 is 11.3 Å². The van der Waals surface area contributed by atoms with Gasteiger partial charge >= 0.3 is 0 Å². The Morgan fingerprint density at radius 1 is 1.15 bits per heavy atom. The maximum Gasteiger partial charge on any atom is 0.268 e. The summed E-state index contributed by atoms with van der Waals surface area (Å²) in [4.78, 5) is 9.22. The summed E-state index contributed by atoms with van der Waals surface area (Å²) in [6.07, 6.45) is 0.